The van der Waals surface area contributed by atoms with Crippen LogP contribution >= 0.6 is 0 Å². The lowest BCUT2D eigenvalue weighted by molar-refractivity contribution is 0.593. The number of hydrogen-bond donors (Lipinski definition) is 0. The maximum absolute atomic E-state index is 12.8. The molecule has 0 radical (unpaired) electrons. The Morgan fingerprint density at radius 1 is 0.778 bits per heavy atom. The third-order valence-electron chi connectivity index (χ3n) is 4.44. The average molecular weight is 374 g/mol. The first-order valence-electron chi connectivity index (χ1n) is 8.56. The summed E-state index contributed by atoms with van der Waals surface area (Å²) in [6.45, 7) is 1.92. The molecule has 4 rings (SSSR count). The second-order valence-corrected chi connectivity index (χ2v) is 8.25. The van der Waals surface area contributed by atoms with Gasteiger partial charge in [0, 0.05) is 11.9 Å². The fraction of sp³-hybridized carbons (Fsp3) is 0.0455. The van der Waals surface area contributed by atoms with E-state index in [-0.39, 0.29) is 9.92 Å². The minimum atomic E-state index is -3.63. The van der Waals surface area contributed by atoms with Crippen molar-refractivity contribution in [2.24, 2.45) is 0 Å². The predicted molar refractivity (Wildman–Crippen MR) is 106 cm³/mol. The van der Waals surface area contributed by atoms with Crippen molar-refractivity contribution in [3.8, 4) is 16.8 Å². The molecular formula is C22H18N2O2S. The van der Waals surface area contributed by atoms with E-state index in [0.29, 0.717) is 0 Å². The molecule has 0 aliphatic rings. The van der Waals surface area contributed by atoms with E-state index in [1.54, 1.807) is 35.0 Å². The fourth-order valence-corrected chi connectivity index (χ4v) is 4.05. The van der Waals surface area contributed by atoms with Gasteiger partial charge in [-0.25, -0.2) is 13.4 Å². The first kappa shape index (κ1) is 17.2. The molecule has 0 N–H and O–H groups in total. The molecule has 3 aromatic carbocycles. The summed E-state index contributed by atoms with van der Waals surface area (Å²) >= 11 is 0. The van der Waals surface area contributed by atoms with Crippen LogP contribution in [0.1, 0.15) is 5.56 Å². The quantitative estimate of drug-likeness (QED) is 0.521. The van der Waals surface area contributed by atoms with Gasteiger partial charge >= 0.3 is 0 Å². The molecule has 0 amide bonds. The highest BCUT2D eigenvalue weighted by Crippen LogP contribution is 2.23. The van der Waals surface area contributed by atoms with Crippen LogP contribution in [-0.4, -0.2) is 18.0 Å². The van der Waals surface area contributed by atoms with Crippen molar-refractivity contribution in [3.05, 3.63) is 97.0 Å². The summed E-state index contributed by atoms with van der Waals surface area (Å²) in [5, 5.41) is 0.0403. The van der Waals surface area contributed by atoms with E-state index < -0.39 is 9.84 Å². The van der Waals surface area contributed by atoms with Crippen molar-refractivity contribution in [2.75, 3.05) is 0 Å². The standard InChI is InChI=1S/C22H18N2O2S/c1-17-7-13-21(14-8-17)27(25,26)22-15-24(16-23-22)20-11-9-19(10-12-20)18-5-3-2-4-6-18/h2-16H,1H3. The number of hydrogen-bond acceptors (Lipinski definition) is 3. The van der Waals surface area contributed by atoms with E-state index in [0.717, 1.165) is 22.4 Å². The van der Waals surface area contributed by atoms with Crippen molar-refractivity contribution in [1.29, 1.82) is 0 Å². The van der Waals surface area contributed by atoms with Crippen LogP contribution in [0.3, 0.4) is 0 Å². The Labute approximate surface area is 158 Å². The molecule has 0 bridgehead atoms. The molecule has 0 atom stereocenters. The number of aromatic nitrogens is 2. The number of benzene rings is 3. The third-order valence-corrected chi connectivity index (χ3v) is 6.09. The molecular weight excluding hydrogens is 356 g/mol. The third kappa shape index (κ3) is 3.41. The van der Waals surface area contributed by atoms with E-state index in [9.17, 15) is 8.42 Å². The van der Waals surface area contributed by atoms with Gasteiger partial charge in [-0.3, -0.25) is 0 Å². The summed E-state index contributed by atoms with van der Waals surface area (Å²) in [6, 6.07) is 24.8. The molecule has 4 aromatic rings. The van der Waals surface area contributed by atoms with Gasteiger partial charge in [0.15, 0.2) is 5.03 Å². The Balaban J connectivity index is 1.63. The molecule has 5 heteroatoms. The molecule has 0 unspecified atom stereocenters. The van der Waals surface area contributed by atoms with Crippen LogP contribution in [0.2, 0.25) is 0 Å². The molecule has 134 valence electrons. The molecule has 0 aliphatic heterocycles. The van der Waals surface area contributed by atoms with Crippen LogP contribution in [0.25, 0.3) is 16.8 Å². The summed E-state index contributed by atoms with van der Waals surface area (Å²) in [6.07, 6.45) is 3.07. The molecule has 27 heavy (non-hydrogen) atoms. The number of rotatable bonds is 4. The zero-order valence-corrected chi connectivity index (χ0v) is 15.6. The zero-order chi connectivity index (χ0) is 18.9. The largest absolute Gasteiger partial charge is 0.305 e. The van der Waals surface area contributed by atoms with E-state index in [1.807, 2.05) is 49.4 Å². The van der Waals surface area contributed by atoms with Crippen molar-refractivity contribution >= 4 is 9.84 Å². The Kier molecular flexibility index (Phi) is 4.38. The molecule has 0 saturated heterocycles. The first-order valence-corrected chi connectivity index (χ1v) is 10.0. The average Bonchev–Trinajstić information content (AvgIpc) is 3.20. The minimum Gasteiger partial charge on any atom is -0.305 e. The molecule has 1 heterocycles. The normalized spacial score (nSPS) is 11.4. The van der Waals surface area contributed by atoms with Crippen LogP contribution < -0.4 is 0 Å². The van der Waals surface area contributed by atoms with Crippen molar-refractivity contribution in [1.82, 2.24) is 9.55 Å². The number of imidazole rings is 1. The SMILES string of the molecule is Cc1ccc(S(=O)(=O)c2cn(-c3ccc(-c4ccccc4)cc3)cn2)cc1. The number of sulfone groups is 1. The minimum absolute atomic E-state index is 0.0403. The van der Waals surface area contributed by atoms with E-state index >= 15 is 0 Å². The number of nitrogens with zero attached hydrogens (tertiary/aromatic N) is 2. The lowest BCUT2D eigenvalue weighted by atomic mass is 10.1. The Hall–Kier alpha value is -3.18. The van der Waals surface area contributed by atoms with Crippen LogP contribution in [-0.2, 0) is 9.84 Å². The highest BCUT2D eigenvalue weighted by atomic mass is 32.2. The van der Waals surface area contributed by atoms with E-state index in [4.69, 9.17) is 0 Å². The summed E-state index contributed by atoms with van der Waals surface area (Å²) in [5.74, 6) is 0. The lowest BCUT2D eigenvalue weighted by Gasteiger charge is -2.05. The van der Waals surface area contributed by atoms with Gasteiger partial charge in [0.05, 0.1) is 4.90 Å². The van der Waals surface area contributed by atoms with Crippen molar-refractivity contribution in [2.45, 2.75) is 16.8 Å². The molecule has 0 aliphatic carbocycles. The summed E-state index contributed by atoms with van der Waals surface area (Å²) in [7, 11) is -3.63. The first-order chi connectivity index (χ1) is 13.0. The van der Waals surface area contributed by atoms with Gasteiger partial charge in [0.1, 0.15) is 6.33 Å². The Morgan fingerprint density at radius 3 is 2.07 bits per heavy atom. The van der Waals surface area contributed by atoms with Crippen molar-refractivity contribution in [3.63, 3.8) is 0 Å². The Bertz CT molecular complexity index is 1160. The molecule has 0 saturated carbocycles. The fourth-order valence-electron chi connectivity index (χ4n) is 2.88. The highest BCUT2D eigenvalue weighted by molar-refractivity contribution is 7.91. The topological polar surface area (TPSA) is 52.0 Å². The Morgan fingerprint density at radius 2 is 1.41 bits per heavy atom. The maximum atomic E-state index is 12.8. The molecule has 0 fully saturated rings. The molecule has 0 spiro atoms. The van der Waals surface area contributed by atoms with Crippen LogP contribution in [0, 0.1) is 6.92 Å². The molecule has 4 nitrogen and oxygen atoms in total. The second-order valence-electron chi connectivity index (χ2n) is 6.35. The smallest absolute Gasteiger partial charge is 0.225 e. The monoisotopic (exact) mass is 374 g/mol. The summed E-state index contributed by atoms with van der Waals surface area (Å²) in [5.41, 5.74) is 4.11. The highest BCUT2D eigenvalue weighted by Gasteiger charge is 2.20. The maximum Gasteiger partial charge on any atom is 0.225 e. The van der Waals surface area contributed by atoms with E-state index in [1.165, 1.54) is 6.33 Å². The summed E-state index contributed by atoms with van der Waals surface area (Å²) < 4.78 is 27.2. The van der Waals surface area contributed by atoms with Crippen LogP contribution in [0.15, 0.2) is 101 Å². The van der Waals surface area contributed by atoms with Gasteiger partial charge < -0.3 is 4.57 Å². The molecule has 1 aromatic heterocycles. The lowest BCUT2D eigenvalue weighted by Crippen LogP contribution is -2.02. The van der Waals surface area contributed by atoms with Gasteiger partial charge in [0.25, 0.3) is 0 Å². The van der Waals surface area contributed by atoms with Gasteiger partial charge in [-0.2, -0.15) is 0 Å². The number of aryl methyl sites for hydroxylation is 1. The van der Waals surface area contributed by atoms with Crippen LogP contribution in [0.4, 0.5) is 0 Å². The summed E-state index contributed by atoms with van der Waals surface area (Å²) in [4.78, 5) is 4.37. The van der Waals surface area contributed by atoms with Gasteiger partial charge in [-0.15, -0.1) is 0 Å². The van der Waals surface area contributed by atoms with Crippen LogP contribution in [0.5, 0.6) is 0 Å². The van der Waals surface area contributed by atoms with Gasteiger partial charge in [-0.05, 0) is 42.3 Å². The van der Waals surface area contributed by atoms with Gasteiger partial charge in [0.2, 0.25) is 9.84 Å². The second kappa shape index (κ2) is 6.85. The van der Waals surface area contributed by atoms with Crippen molar-refractivity contribution < 1.29 is 8.42 Å². The van der Waals surface area contributed by atoms with Gasteiger partial charge in [-0.1, -0.05) is 60.2 Å². The van der Waals surface area contributed by atoms with E-state index in [2.05, 4.69) is 17.1 Å². The zero-order valence-electron chi connectivity index (χ0n) is 14.8. The predicted octanol–water partition coefficient (Wildman–Crippen LogP) is 4.68.